The van der Waals surface area contributed by atoms with E-state index in [2.05, 4.69) is 28.8 Å². The van der Waals surface area contributed by atoms with E-state index in [1.54, 1.807) is 21.1 Å². The summed E-state index contributed by atoms with van der Waals surface area (Å²) < 4.78 is 0. The predicted octanol–water partition coefficient (Wildman–Crippen LogP) is -1.62. The van der Waals surface area contributed by atoms with Crippen molar-refractivity contribution >= 4 is 17.3 Å². The quantitative estimate of drug-likeness (QED) is 0.196. The molecule has 0 atom stereocenters. The van der Waals surface area contributed by atoms with E-state index in [0.29, 0.717) is 5.11 Å². The Bertz CT molecular complexity index is 83.7. The molecule has 0 bridgehead atoms. The van der Waals surface area contributed by atoms with Crippen LogP contribution in [0.5, 0.6) is 0 Å². The van der Waals surface area contributed by atoms with E-state index in [9.17, 15) is 0 Å². The van der Waals surface area contributed by atoms with E-state index in [4.69, 9.17) is 5.84 Å². The van der Waals surface area contributed by atoms with Crippen molar-refractivity contribution in [3.8, 4) is 0 Å². The highest BCUT2D eigenvalue weighted by molar-refractivity contribution is 7.80. The molecule has 62 valence electrons. The fourth-order valence-electron chi connectivity index (χ4n) is 0.176. The summed E-state index contributed by atoms with van der Waals surface area (Å²) in [4.78, 5) is 0. The Morgan fingerprint density at radius 3 is 1.80 bits per heavy atom. The van der Waals surface area contributed by atoms with Gasteiger partial charge in [0.25, 0.3) is 0 Å². The van der Waals surface area contributed by atoms with Crippen LogP contribution in [-0.4, -0.2) is 31.3 Å². The minimum absolute atomic E-state index is 0.542. The second-order valence-corrected chi connectivity index (χ2v) is 1.84. The number of nitrogens with two attached hydrogens (primary N) is 2. The highest BCUT2D eigenvalue weighted by atomic mass is 32.1. The lowest BCUT2D eigenvalue weighted by Gasteiger charge is -2.10. The molecule has 6 heteroatoms. The second kappa shape index (κ2) is 8.57. The molecule has 5 nitrogen and oxygen atoms in total. The first-order valence-corrected chi connectivity index (χ1v) is 3.08. The van der Waals surface area contributed by atoms with Crippen LogP contribution in [0.15, 0.2) is 0 Å². The van der Waals surface area contributed by atoms with E-state index < -0.39 is 0 Å². The number of rotatable bonds is 0. The standard InChI is InChI=1S/C3H9N3S.CH6N2/c1-5-3(7)6(2)4;1-3-2/h4H2,1-2H3,(H,5,7);3H,2H2,1H3. The SMILES string of the molecule is CNC(=S)N(C)N.CNN. The van der Waals surface area contributed by atoms with Crippen LogP contribution >= 0.6 is 12.2 Å². The van der Waals surface area contributed by atoms with Crippen molar-refractivity contribution in [1.29, 1.82) is 0 Å². The Hall–Kier alpha value is -0.430. The molecule has 0 radical (unpaired) electrons. The molecular weight excluding hydrogens is 150 g/mol. The van der Waals surface area contributed by atoms with Gasteiger partial charge in [0, 0.05) is 14.1 Å². The summed E-state index contributed by atoms with van der Waals surface area (Å²) in [7, 11) is 5.06. The fourth-order valence-corrected chi connectivity index (χ4v) is 0.176. The number of thiocarbonyl (C=S) groups is 1. The van der Waals surface area contributed by atoms with Gasteiger partial charge in [0.1, 0.15) is 0 Å². The maximum atomic E-state index is 5.18. The number of hydrazine groups is 2. The van der Waals surface area contributed by atoms with E-state index >= 15 is 0 Å². The summed E-state index contributed by atoms with van der Waals surface area (Å²) in [6.07, 6.45) is 0. The van der Waals surface area contributed by atoms with Crippen LogP contribution in [-0.2, 0) is 0 Å². The predicted molar refractivity (Wildman–Crippen MR) is 46.9 cm³/mol. The van der Waals surface area contributed by atoms with Crippen LogP contribution in [0.2, 0.25) is 0 Å². The summed E-state index contributed by atoms with van der Waals surface area (Å²) in [5.74, 6) is 9.77. The average molecular weight is 165 g/mol. The molecular formula is C4H15N5S. The summed E-state index contributed by atoms with van der Waals surface area (Å²) >= 11 is 4.67. The normalized spacial score (nSPS) is 7.30. The first-order valence-electron chi connectivity index (χ1n) is 2.67. The van der Waals surface area contributed by atoms with Crippen molar-refractivity contribution in [1.82, 2.24) is 15.8 Å². The van der Waals surface area contributed by atoms with Gasteiger partial charge in [-0.25, -0.2) is 5.84 Å². The van der Waals surface area contributed by atoms with E-state index in [-0.39, 0.29) is 0 Å². The zero-order valence-electron chi connectivity index (χ0n) is 6.51. The molecule has 10 heavy (non-hydrogen) atoms. The van der Waals surface area contributed by atoms with Crippen LogP contribution in [0.4, 0.5) is 0 Å². The Balaban J connectivity index is 0. The highest BCUT2D eigenvalue weighted by Gasteiger charge is 1.89. The molecule has 0 saturated carbocycles. The van der Waals surface area contributed by atoms with E-state index in [1.165, 1.54) is 5.01 Å². The maximum Gasteiger partial charge on any atom is 0.182 e. The van der Waals surface area contributed by atoms with Gasteiger partial charge in [0.2, 0.25) is 0 Å². The minimum atomic E-state index is 0.542. The van der Waals surface area contributed by atoms with E-state index in [0.717, 1.165) is 0 Å². The van der Waals surface area contributed by atoms with Gasteiger partial charge in [-0.15, -0.1) is 0 Å². The van der Waals surface area contributed by atoms with E-state index in [1.807, 2.05) is 0 Å². The fraction of sp³-hybridized carbons (Fsp3) is 0.750. The minimum Gasteiger partial charge on any atom is -0.365 e. The molecule has 6 N–H and O–H groups in total. The molecule has 0 rings (SSSR count). The average Bonchev–Trinajstić information content (AvgIpc) is 1.88. The van der Waals surface area contributed by atoms with Gasteiger partial charge in [0.05, 0.1) is 0 Å². The first kappa shape index (κ1) is 12.3. The van der Waals surface area contributed by atoms with Crippen LogP contribution in [0, 0.1) is 0 Å². The van der Waals surface area contributed by atoms with Gasteiger partial charge in [-0.05, 0) is 19.3 Å². The largest absolute Gasteiger partial charge is 0.365 e. The third-order valence-electron chi connectivity index (χ3n) is 0.534. The molecule has 0 aliphatic rings. The van der Waals surface area contributed by atoms with Crippen molar-refractivity contribution < 1.29 is 0 Å². The Morgan fingerprint density at radius 2 is 1.80 bits per heavy atom. The van der Waals surface area contributed by atoms with Gasteiger partial charge >= 0.3 is 0 Å². The van der Waals surface area contributed by atoms with Gasteiger partial charge in [-0.2, -0.15) is 0 Å². The number of nitrogens with one attached hydrogen (secondary N) is 2. The zero-order chi connectivity index (χ0) is 8.57. The molecule has 0 heterocycles. The first-order chi connectivity index (χ1) is 4.59. The lowest BCUT2D eigenvalue weighted by atomic mass is 11.0. The lowest BCUT2D eigenvalue weighted by molar-refractivity contribution is 0.532. The van der Waals surface area contributed by atoms with Crippen LogP contribution in [0.1, 0.15) is 0 Å². The topological polar surface area (TPSA) is 79.3 Å². The molecule has 0 aliphatic carbocycles. The van der Waals surface area contributed by atoms with Gasteiger partial charge in [0.15, 0.2) is 5.11 Å². The molecule has 0 fully saturated rings. The Morgan fingerprint density at radius 1 is 1.50 bits per heavy atom. The summed E-state index contributed by atoms with van der Waals surface area (Å²) in [5.41, 5.74) is 2.25. The van der Waals surface area contributed by atoms with Gasteiger partial charge < -0.3 is 5.32 Å². The maximum absolute atomic E-state index is 5.18. The summed E-state index contributed by atoms with van der Waals surface area (Å²) in [6.45, 7) is 0. The monoisotopic (exact) mass is 165 g/mol. The third kappa shape index (κ3) is 10.5. The van der Waals surface area contributed by atoms with Gasteiger partial charge in [-0.1, -0.05) is 0 Å². The number of nitrogens with zero attached hydrogens (tertiary/aromatic N) is 1. The van der Waals surface area contributed by atoms with Crippen LogP contribution < -0.4 is 22.4 Å². The highest BCUT2D eigenvalue weighted by Crippen LogP contribution is 1.67. The number of hydrogen-bond acceptors (Lipinski definition) is 4. The Kier molecular flexibility index (Phi) is 10.5. The molecule has 0 aromatic heterocycles. The van der Waals surface area contributed by atoms with Crippen molar-refractivity contribution in [3.63, 3.8) is 0 Å². The molecule has 0 amide bonds. The van der Waals surface area contributed by atoms with Crippen molar-refractivity contribution in [2.75, 3.05) is 21.1 Å². The zero-order valence-corrected chi connectivity index (χ0v) is 7.33. The smallest absolute Gasteiger partial charge is 0.182 e. The van der Waals surface area contributed by atoms with Gasteiger partial charge in [-0.3, -0.25) is 16.3 Å². The number of hydrogen-bond donors (Lipinski definition) is 4. The van der Waals surface area contributed by atoms with Crippen LogP contribution in [0.3, 0.4) is 0 Å². The van der Waals surface area contributed by atoms with Crippen molar-refractivity contribution in [3.05, 3.63) is 0 Å². The summed E-state index contributed by atoms with van der Waals surface area (Å²) in [5, 5.41) is 4.58. The lowest BCUT2D eigenvalue weighted by Crippen LogP contribution is -2.39. The third-order valence-corrected chi connectivity index (χ3v) is 1.03. The van der Waals surface area contributed by atoms with Crippen LogP contribution in [0.25, 0.3) is 0 Å². The Labute approximate surface area is 66.7 Å². The molecule has 0 unspecified atom stereocenters. The molecule has 0 spiro atoms. The molecule has 0 aromatic carbocycles. The molecule has 0 aliphatic heterocycles. The summed E-state index contributed by atoms with van der Waals surface area (Å²) in [6, 6.07) is 0. The second-order valence-electron chi connectivity index (χ2n) is 1.45. The van der Waals surface area contributed by atoms with Crippen molar-refractivity contribution in [2.45, 2.75) is 0 Å². The van der Waals surface area contributed by atoms with Crippen molar-refractivity contribution in [2.24, 2.45) is 11.7 Å². The molecule has 0 saturated heterocycles. The molecule has 0 aromatic rings.